The maximum atomic E-state index is 13.3. The zero-order valence-corrected chi connectivity index (χ0v) is 12.6. The van der Waals surface area contributed by atoms with Crippen LogP contribution < -0.4 is 0 Å². The Morgan fingerprint density at radius 1 is 0.958 bits per heavy atom. The Morgan fingerprint density at radius 2 is 1.75 bits per heavy atom. The molecule has 0 aromatic heterocycles. The van der Waals surface area contributed by atoms with Gasteiger partial charge in [0.05, 0.1) is 0 Å². The Bertz CT molecular complexity index is 1020. The van der Waals surface area contributed by atoms with Crippen molar-refractivity contribution >= 4 is 28.7 Å². The molecule has 0 saturated heterocycles. The van der Waals surface area contributed by atoms with E-state index in [1.165, 1.54) is 12.1 Å². The molecule has 0 N–H and O–H groups in total. The highest BCUT2D eigenvalue weighted by molar-refractivity contribution is 6.13. The van der Waals surface area contributed by atoms with Crippen molar-refractivity contribution in [2.24, 2.45) is 4.99 Å². The van der Waals surface area contributed by atoms with Crippen LogP contribution in [0.5, 0.6) is 0 Å². The molecule has 0 unspecified atom stereocenters. The lowest BCUT2D eigenvalue weighted by Gasteiger charge is -2.01. The van der Waals surface area contributed by atoms with E-state index in [9.17, 15) is 9.18 Å². The summed E-state index contributed by atoms with van der Waals surface area (Å²) in [5.41, 5.74) is 1.51. The van der Waals surface area contributed by atoms with Crippen LogP contribution in [0.2, 0.25) is 0 Å². The summed E-state index contributed by atoms with van der Waals surface area (Å²) in [6.45, 7) is 0. The molecule has 116 valence electrons. The lowest BCUT2D eigenvalue weighted by atomic mass is 10.0. The zero-order valence-electron chi connectivity index (χ0n) is 12.6. The molecule has 0 saturated carbocycles. The Morgan fingerprint density at radius 3 is 2.62 bits per heavy atom. The molecule has 0 amide bonds. The quantitative estimate of drug-likeness (QED) is 0.521. The summed E-state index contributed by atoms with van der Waals surface area (Å²) in [5, 5.41) is 2.10. The molecule has 24 heavy (non-hydrogen) atoms. The number of rotatable bonds is 2. The minimum Gasteiger partial charge on any atom is -0.402 e. The van der Waals surface area contributed by atoms with Crippen molar-refractivity contribution < 1.29 is 13.9 Å². The molecule has 0 bridgehead atoms. The summed E-state index contributed by atoms with van der Waals surface area (Å²) in [7, 11) is 0. The van der Waals surface area contributed by atoms with Gasteiger partial charge in [-0.05, 0) is 40.6 Å². The molecule has 1 aliphatic rings. The number of halogens is 1. The van der Waals surface area contributed by atoms with E-state index in [2.05, 4.69) is 4.99 Å². The van der Waals surface area contributed by atoms with Gasteiger partial charge in [-0.3, -0.25) is 0 Å². The van der Waals surface area contributed by atoms with E-state index in [0.29, 0.717) is 5.56 Å². The summed E-state index contributed by atoms with van der Waals surface area (Å²) in [5.74, 6) is -0.828. The molecule has 1 aliphatic heterocycles. The van der Waals surface area contributed by atoms with E-state index in [-0.39, 0.29) is 11.6 Å². The first kappa shape index (κ1) is 14.3. The number of nitrogens with zero attached hydrogens (tertiary/aromatic N) is 1. The number of aliphatic imine (C=N–C) groups is 1. The number of ether oxygens (including phenoxy) is 1. The lowest BCUT2D eigenvalue weighted by molar-refractivity contribution is -0.129. The molecule has 3 aromatic rings. The Balaban J connectivity index is 1.78. The fourth-order valence-corrected chi connectivity index (χ4v) is 2.68. The first-order chi connectivity index (χ1) is 11.7. The van der Waals surface area contributed by atoms with Crippen LogP contribution in [0.25, 0.3) is 16.8 Å². The molecule has 0 atom stereocenters. The summed E-state index contributed by atoms with van der Waals surface area (Å²) in [4.78, 5) is 16.3. The minimum atomic E-state index is -0.540. The van der Waals surface area contributed by atoms with Crippen LogP contribution in [0.1, 0.15) is 11.1 Å². The molecule has 4 heteroatoms. The van der Waals surface area contributed by atoms with Gasteiger partial charge in [-0.1, -0.05) is 48.5 Å². The van der Waals surface area contributed by atoms with Gasteiger partial charge < -0.3 is 4.74 Å². The van der Waals surface area contributed by atoms with Crippen LogP contribution in [0.15, 0.2) is 77.4 Å². The highest BCUT2D eigenvalue weighted by Crippen LogP contribution is 2.24. The monoisotopic (exact) mass is 317 g/mol. The highest BCUT2D eigenvalue weighted by atomic mass is 19.1. The molecule has 1 heterocycles. The third-order valence-electron chi connectivity index (χ3n) is 3.81. The van der Waals surface area contributed by atoms with E-state index in [1.54, 1.807) is 18.2 Å². The molecule has 3 aromatic carbocycles. The molecule has 0 radical (unpaired) electrons. The maximum Gasteiger partial charge on any atom is 0.363 e. The number of hydrogen-bond acceptors (Lipinski definition) is 3. The summed E-state index contributed by atoms with van der Waals surface area (Å²) < 4.78 is 18.5. The molecule has 4 rings (SSSR count). The summed E-state index contributed by atoms with van der Waals surface area (Å²) >= 11 is 0. The van der Waals surface area contributed by atoms with Gasteiger partial charge in [0, 0.05) is 5.56 Å². The normalized spacial score (nSPS) is 15.6. The molecule has 0 aliphatic carbocycles. The van der Waals surface area contributed by atoms with Gasteiger partial charge in [-0.15, -0.1) is 0 Å². The second-order valence-corrected chi connectivity index (χ2v) is 5.41. The number of benzene rings is 3. The third kappa shape index (κ3) is 2.58. The van der Waals surface area contributed by atoms with Crippen LogP contribution in [0, 0.1) is 5.82 Å². The Hall–Kier alpha value is -3.27. The van der Waals surface area contributed by atoms with Crippen molar-refractivity contribution in [2.45, 2.75) is 0 Å². The second-order valence-electron chi connectivity index (χ2n) is 5.41. The van der Waals surface area contributed by atoms with Gasteiger partial charge in [0.1, 0.15) is 5.82 Å². The Kier molecular flexibility index (Phi) is 3.43. The molecular weight excluding hydrogens is 305 g/mol. The van der Waals surface area contributed by atoms with Crippen molar-refractivity contribution in [2.75, 3.05) is 0 Å². The van der Waals surface area contributed by atoms with Crippen molar-refractivity contribution in [3.63, 3.8) is 0 Å². The van der Waals surface area contributed by atoms with Crippen LogP contribution >= 0.6 is 0 Å². The average Bonchev–Trinajstić information content (AvgIpc) is 2.96. The van der Waals surface area contributed by atoms with Crippen molar-refractivity contribution in [3.05, 3.63) is 89.4 Å². The van der Waals surface area contributed by atoms with E-state index >= 15 is 0 Å². The smallest absolute Gasteiger partial charge is 0.363 e. The minimum absolute atomic E-state index is 0.117. The number of carbonyl (C=O) groups is 1. The Labute approximate surface area is 137 Å². The zero-order chi connectivity index (χ0) is 16.5. The number of cyclic esters (lactones) is 1. The van der Waals surface area contributed by atoms with Crippen LogP contribution in [-0.2, 0) is 9.53 Å². The largest absolute Gasteiger partial charge is 0.402 e. The van der Waals surface area contributed by atoms with Gasteiger partial charge in [0.2, 0.25) is 5.90 Å². The average molecular weight is 317 g/mol. The SMILES string of the molecule is O=C1OC(c2cccc(F)c2)=N/C1=C/c1cccc2ccccc12. The number of esters is 1. The van der Waals surface area contributed by atoms with Crippen LogP contribution in [-0.4, -0.2) is 11.9 Å². The van der Waals surface area contributed by atoms with Gasteiger partial charge in [-0.25, -0.2) is 14.2 Å². The van der Waals surface area contributed by atoms with Gasteiger partial charge in [0.25, 0.3) is 0 Å². The van der Waals surface area contributed by atoms with Gasteiger partial charge in [0.15, 0.2) is 5.70 Å². The summed E-state index contributed by atoms with van der Waals surface area (Å²) in [6.07, 6.45) is 1.69. The maximum absolute atomic E-state index is 13.3. The predicted octanol–water partition coefficient (Wildman–Crippen LogP) is 4.32. The topological polar surface area (TPSA) is 38.7 Å². The first-order valence-electron chi connectivity index (χ1n) is 7.47. The van der Waals surface area contributed by atoms with Gasteiger partial charge in [-0.2, -0.15) is 0 Å². The van der Waals surface area contributed by atoms with E-state index < -0.39 is 11.8 Å². The standard InChI is InChI=1S/C20H12FNO2/c21-16-9-4-8-15(11-16)19-22-18(20(23)24-19)12-14-7-3-6-13-5-1-2-10-17(13)14/h1-12H/b18-12+. The van der Waals surface area contributed by atoms with Crippen LogP contribution in [0.4, 0.5) is 4.39 Å². The third-order valence-corrected chi connectivity index (χ3v) is 3.81. The molecule has 0 spiro atoms. The fraction of sp³-hybridized carbons (Fsp3) is 0. The predicted molar refractivity (Wildman–Crippen MR) is 91.0 cm³/mol. The molecule has 0 fully saturated rings. The van der Waals surface area contributed by atoms with Crippen LogP contribution in [0.3, 0.4) is 0 Å². The van der Waals surface area contributed by atoms with Crippen molar-refractivity contribution in [1.29, 1.82) is 0 Å². The van der Waals surface area contributed by atoms with Crippen molar-refractivity contribution in [1.82, 2.24) is 0 Å². The lowest BCUT2D eigenvalue weighted by Crippen LogP contribution is -2.05. The number of fused-ring (bicyclic) bond motifs is 1. The highest BCUT2D eigenvalue weighted by Gasteiger charge is 2.24. The number of carbonyl (C=O) groups excluding carboxylic acids is 1. The molecule has 3 nitrogen and oxygen atoms in total. The summed E-state index contributed by atoms with van der Waals surface area (Å²) in [6, 6.07) is 19.5. The van der Waals surface area contributed by atoms with Crippen molar-refractivity contribution in [3.8, 4) is 0 Å². The molecular formula is C20H12FNO2. The van der Waals surface area contributed by atoms with E-state index in [1.807, 2.05) is 42.5 Å². The fourth-order valence-electron chi connectivity index (χ4n) is 2.68. The van der Waals surface area contributed by atoms with E-state index in [0.717, 1.165) is 16.3 Å². The first-order valence-corrected chi connectivity index (χ1v) is 7.47. The van der Waals surface area contributed by atoms with Gasteiger partial charge >= 0.3 is 5.97 Å². The number of hydrogen-bond donors (Lipinski definition) is 0. The van der Waals surface area contributed by atoms with E-state index in [4.69, 9.17) is 4.74 Å². The second kappa shape index (κ2) is 5.74.